The maximum absolute atomic E-state index is 12.2. The molecule has 27 heavy (non-hydrogen) atoms. The van der Waals surface area contributed by atoms with Crippen molar-refractivity contribution in [2.24, 2.45) is 0 Å². The lowest BCUT2D eigenvalue weighted by atomic mass is 10.1. The number of piperidine rings is 1. The van der Waals surface area contributed by atoms with E-state index in [1.54, 1.807) is 30.3 Å². The van der Waals surface area contributed by atoms with Crippen molar-refractivity contribution in [2.75, 3.05) is 26.2 Å². The Labute approximate surface area is 169 Å². The van der Waals surface area contributed by atoms with Crippen molar-refractivity contribution in [1.29, 1.82) is 0 Å². The Balaban J connectivity index is 0.00000261. The molecule has 0 saturated carbocycles. The SMILES string of the molecule is Cl.O=C(NCCNC(=O)c1ccccc1Cl)c1ccn(C2CCCNC2)n1. The first-order valence-electron chi connectivity index (χ1n) is 8.72. The minimum Gasteiger partial charge on any atom is -0.350 e. The van der Waals surface area contributed by atoms with Gasteiger partial charge in [0.05, 0.1) is 16.6 Å². The van der Waals surface area contributed by atoms with E-state index in [2.05, 4.69) is 21.0 Å². The Kier molecular flexibility index (Phi) is 8.09. The number of hydrogen-bond donors (Lipinski definition) is 3. The van der Waals surface area contributed by atoms with Crippen LogP contribution < -0.4 is 16.0 Å². The highest BCUT2D eigenvalue weighted by Gasteiger charge is 2.17. The van der Waals surface area contributed by atoms with Crippen molar-refractivity contribution in [1.82, 2.24) is 25.7 Å². The van der Waals surface area contributed by atoms with Gasteiger partial charge in [0.2, 0.25) is 0 Å². The van der Waals surface area contributed by atoms with Gasteiger partial charge >= 0.3 is 0 Å². The highest BCUT2D eigenvalue weighted by atomic mass is 35.5. The summed E-state index contributed by atoms with van der Waals surface area (Å²) in [5, 5.41) is 13.6. The first-order valence-corrected chi connectivity index (χ1v) is 9.10. The van der Waals surface area contributed by atoms with Crippen LogP contribution in [0.3, 0.4) is 0 Å². The van der Waals surface area contributed by atoms with E-state index in [9.17, 15) is 9.59 Å². The predicted molar refractivity (Wildman–Crippen MR) is 107 cm³/mol. The van der Waals surface area contributed by atoms with Crippen molar-refractivity contribution in [2.45, 2.75) is 18.9 Å². The molecule has 2 amide bonds. The van der Waals surface area contributed by atoms with Crippen molar-refractivity contribution in [3.05, 3.63) is 52.8 Å². The summed E-state index contributed by atoms with van der Waals surface area (Å²) in [5.41, 5.74) is 0.799. The van der Waals surface area contributed by atoms with E-state index in [1.807, 2.05) is 10.9 Å². The van der Waals surface area contributed by atoms with Crippen LogP contribution in [0.25, 0.3) is 0 Å². The van der Waals surface area contributed by atoms with Gasteiger partial charge in [0.1, 0.15) is 5.69 Å². The molecule has 1 atom stereocenters. The molecular formula is C18H23Cl2N5O2. The van der Waals surface area contributed by atoms with Gasteiger partial charge in [-0.25, -0.2) is 0 Å². The van der Waals surface area contributed by atoms with Crippen molar-refractivity contribution in [3.63, 3.8) is 0 Å². The van der Waals surface area contributed by atoms with Crippen molar-refractivity contribution < 1.29 is 9.59 Å². The van der Waals surface area contributed by atoms with E-state index < -0.39 is 0 Å². The predicted octanol–water partition coefficient (Wildman–Crippen LogP) is 2.04. The Hall–Kier alpha value is -2.09. The normalized spacial score (nSPS) is 16.3. The number of hydrogen-bond acceptors (Lipinski definition) is 4. The molecule has 0 bridgehead atoms. The van der Waals surface area contributed by atoms with Crippen molar-refractivity contribution >= 4 is 35.8 Å². The molecule has 1 unspecified atom stereocenters. The molecule has 0 spiro atoms. The van der Waals surface area contributed by atoms with Gasteiger partial charge in [0.15, 0.2) is 0 Å². The first kappa shape index (κ1) is 21.2. The topological polar surface area (TPSA) is 88.0 Å². The third kappa shape index (κ3) is 5.69. The van der Waals surface area contributed by atoms with E-state index in [0.717, 1.165) is 25.9 Å². The third-order valence-electron chi connectivity index (χ3n) is 4.30. The fraction of sp³-hybridized carbons (Fsp3) is 0.389. The Bertz CT molecular complexity index is 775. The van der Waals surface area contributed by atoms with Gasteiger partial charge in [0.25, 0.3) is 11.8 Å². The summed E-state index contributed by atoms with van der Waals surface area (Å²) >= 11 is 5.98. The van der Waals surface area contributed by atoms with Crippen LogP contribution in [0.5, 0.6) is 0 Å². The minimum absolute atomic E-state index is 0. The lowest BCUT2D eigenvalue weighted by Crippen LogP contribution is -2.35. The second kappa shape index (κ2) is 10.3. The summed E-state index contributed by atoms with van der Waals surface area (Å²) in [6.45, 7) is 2.53. The number of carbonyl (C=O) groups excluding carboxylic acids is 2. The average Bonchev–Trinajstić information content (AvgIpc) is 3.16. The smallest absolute Gasteiger partial charge is 0.271 e. The second-order valence-corrected chi connectivity index (χ2v) is 6.58. The lowest BCUT2D eigenvalue weighted by molar-refractivity contribution is 0.0924. The minimum atomic E-state index is -0.265. The van der Waals surface area contributed by atoms with Crippen LogP contribution in [0, 0.1) is 0 Å². The van der Waals surface area contributed by atoms with Crippen LogP contribution in [0.2, 0.25) is 5.02 Å². The fourth-order valence-electron chi connectivity index (χ4n) is 2.90. The third-order valence-corrected chi connectivity index (χ3v) is 4.63. The first-order chi connectivity index (χ1) is 12.6. The fourth-order valence-corrected chi connectivity index (χ4v) is 3.13. The molecule has 1 aromatic heterocycles. The zero-order valence-corrected chi connectivity index (χ0v) is 16.4. The number of halogens is 2. The van der Waals surface area contributed by atoms with Gasteiger partial charge in [-0.2, -0.15) is 5.10 Å². The summed E-state index contributed by atoms with van der Waals surface area (Å²) in [6, 6.07) is 8.84. The maximum Gasteiger partial charge on any atom is 0.271 e. The van der Waals surface area contributed by atoms with Crippen LogP contribution >= 0.6 is 24.0 Å². The van der Waals surface area contributed by atoms with E-state index in [-0.39, 0.29) is 24.2 Å². The largest absolute Gasteiger partial charge is 0.350 e. The van der Waals surface area contributed by atoms with Gasteiger partial charge in [-0.15, -0.1) is 12.4 Å². The Morgan fingerprint density at radius 3 is 2.63 bits per heavy atom. The van der Waals surface area contributed by atoms with E-state index in [0.29, 0.717) is 35.4 Å². The quantitative estimate of drug-likeness (QED) is 0.634. The van der Waals surface area contributed by atoms with Crippen LogP contribution in [0.1, 0.15) is 39.7 Å². The number of nitrogens with one attached hydrogen (secondary N) is 3. The van der Waals surface area contributed by atoms with Gasteiger partial charge < -0.3 is 16.0 Å². The molecule has 146 valence electrons. The van der Waals surface area contributed by atoms with E-state index in [1.165, 1.54) is 0 Å². The standard InChI is InChI=1S/C18H22ClN5O2.ClH/c19-15-6-2-1-5-14(15)17(25)21-9-10-22-18(26)16-7-11-24(23-16)13-4-3-8-20-12-13;/h1-2,5-7,11,13,20H,3-4,8-10,12H2,(H,21,25)(H,22,26);1H. The molecule has 7 nitrogen and oxygen atoms in total. The van der Waals surface area contributed by atoms with E-state index in [4.69, 9.17) is 11.6 Å². The molecule has 1 saturated heterocycles. The van der Waals surface area contributed by atoms with Gasteiger partial charge in [-0.3, -0.25) is 14.3 Å². The van der Waals surface area contributed by atoms with Gasteiger partial charge in [0, 0.05) is 25.8 Å². The summed E-state index contributed by atoms with van der Waals surface area (Å²) in [7, 11) is 0. The molecule has 1 aliphatic rings. The monoisotopic (exact) mass is 411 g/mol. The highest BCUT2D eigenvalue weighted by Crippen LogP contribution is 2.16. The molecule has 9 heteroatoms. The molecule has 1 fully saturated rings. The van der Waals surface area contributed by atoms with Gasteiger partial charge in [-0.05, 0) is 37.6 Å². The molecule has 0 aliphatic carbocycles. The maximum atomic E-state index is 12.2. The molecule has 0 radical (unpaired) electrons. The molecule has 3 N–H and O–H groups in total. The summed E-state index contributed by atoms with van der Waals surface area (Å²) < 4.78 is 1.85. The summed E-state index contributed by atoms with van der Waals surface area (Å²) in [5.74, 6) is -0.515. The molecule has 1 aliphatic heterocycles. The van der Waals surface area contributed by atoms with Crippen LogP contribution in [0.15, 0.2) is 36.5 Å². The number of aromatic nitrogens is 2. The second-order valence-electron chi connectivity index (χ2n) is 6.17. The zero-order valence-electron chi connectivity index (χ0n) is 14.8. The summed E-state index contributed by atoms with van der Waals surface area (Å²) in [4.78, 5) is 24.2. The van der Waals surface area contributed by atoms with E-state index >= 15 is 0 Å². The van der Waals surface area contributed by atoms with Crippen LogP contribution in [0.4, 0.5) is 0 Å². The molecular weight excluding hydrogens is 389 g/mol. The number of rotatable bonds is 6. The number of nitrogens with zero attached hydrogens (tertiary/aromatic N) is 2. The number of carbonyl (C=O) groups is 2. The van der Waals surface area contributed by atoms with Gasteiger partial charge in [-0.1, -0.05) is 23.7 Å². The molecule has 3 rings (SSSR count). The Morgan fingerprint density at radius 1 is 1.19 bits per heavy atom. The van der Waals surface area contributed by atoms with Crippen LogP contribution in [-0.4, -0.2) is 47.8 Å². The average molecular weight is 412 g/mol. The summed E-state index contributed by atoms with van der Waals surface area (Å²) in [6.07, 6.45) is 4.01. The highest BCUT2D eigenvalue weighted by molar-refractivity contribution is 6.33. The number of amides is 2. The number of benzene rings is 1. The lowest BCUT2D eigenvalue weighted by Gasteiger charge is -2.22. The zero-order chi connectivity index (χ0) is 18.4. The molecule has 2 heterocycles. The van der Waals surface area contributed by atoms with Crippen molar-refractivity contribution in [3.8, 4) is 0 Å². The van der Waals surface area contributed by atoms with Crippen LogP contribution in [-0.2, 0) is 0 Å². The Morgan fingerprint density at radius 2 is 1.93 bits per heavy atom. The molecule has 1 aromatic carbocycles. The molecule has 2 aromatic rings.